The minimum Gasteiger partial charge on any atom is -0.506 e. The molecule has 0 fully saturated rings. The van der Waals surface area contributed by atoms with E-state index in [0.717, 1.165) is 16.7 Å². The van der Waals surface area contributed by atoms with E-state index in [1.165, 1.54) is 14.0 Å². The van der Waals surface area contributed by atoms with Crippen LogP contribution in [0.15, 0.2) is 23.8 Å². The predicted octanol–water partition coefficient (Wildman–Crippen LogP) is 6.16. The molecule has 4 rings (SSSR count). The zero-order valence-electron chi connectivity index (χ0n) is 22.4. The van der Waals surface area contributed by atoms with Gasteiger partial charge in [0.2, 0.25) is 0 Å². The molecule has 7 nitrogen and oxygen atoms in total. The summed E-state index contributed by atoms with van der Waals surface area (Å²) in [6.07, 6.45) is 5.89. The fourth-order valence-corrected chi connectivity index (χ4v) is 5.11. The summed E-state index contributed by atoms with van der Waals surface area (Å²) in [6.45, 7) is 11.3. The molecule has 2 aromatic rings. The Morgan fingerprint density at radius 1 is 0.944 bits per heavy atom. The van der Waals surface area contributed by atoms with E-state index < -0.39 is 11.2 Å². The number of hydrogen-bond acceptors (Lipinski definition) is 7. The van der Waals surface area contributed by atoms with Crippen LogP contribution in [0.2, 0.25) is 0 Å². The minimum absolute atomic E-state index is 0.122. The third-order valence-corrected chi connectivity index (χ3v) is 6.83. The van der Waals surface area contributed by atoms with Crippen molar-refractivity contribution in [1.82, 2.24) is 0 Å². The van der Waals surface area contributed by atoms with Gasteiger partial charge in [0.15, 0.2) is 5.78 Å². The average Bonchev–Trinajstić information content (AvgIpc) is 2.80. The first kappa shape index (κ1) is 25.5. The second-order valence-corrected chi connectivity index (χ2v) is 10.2. The summed E-state index contributed by atoms with van der Waals surface area (Å²) in [5.74, 6) is 1.96. The van der Waals surface area contributed by atoms with Gasteiger partial charge >= 0.3 is 0 Å². The number of fused-ring (bicyclic) bond motifs is 2. The normalized spacial score (nSPS) is 17.5. The lowest BCUT2D eigenvalue weighted by atomic mass is 9.79. The van der Waals surface area contributed by atoms with E-state index in [-0.39, 0.29) is 28.8 Å². The van der Waals surface area contributed by atoms with Crippen molar-refractivity contribution in [3.05, 3.63) is 46.0 Å². The van der Waals surface area contributed by atoms with E-state index in [2.05, 4.69) is 0 Å². The van der Waals surface area contributed by atoms with Crippen molar-refractivity contribution in [2.45, 2.75) is 58.7 Å². The van der Waals surface area contributed by atoms with E-state index in [4.69, 9.17) is 23.7 Å². The highest BCUT2D eigenvalue weighted by atomic mass is 16.5. The Kier molecular flexibility index (Phi) is 6.23. The van der Waals surface area contributed by atoms with E-state index in [1.54, 1.807) is 20.3 Å². The Morgan fingerprint density at radius 2 is 1.56 bits per heavy atom. The van der Waals surface area contributed by atoms with Gasteiger partial charge in [-0.3, -0.25) is 4.79 Å². The topological polar surface area (TPSA) is 83.5 Å². The lowest BCUT2D eigenvalue weighted by Gasteiger charge is -2.38. The molecular weight excluding hydrogens is 460 g/mol. The van der Waals surface area contributed by atoms with Crippen LogP contribution in [-0.4, -0.2) is 43.4 Å². The van der Waals surface area contributed by atoms with Crippen LogP contribution in [0.3, 0.4) is 0 Å². The van der Waals surface area contributed by atoms with Crippen LogP contribution >= 0.6 is 0 Å². The summed E-state index contributed by atoms with van der Waals surface area (Å²) in [7, 11) is 4.70. The van der Waals surface area contributed by atoms with Gasteiger partial charge in [-0.25, -0.2) is 0 Å². The first-order valence-corrected chi connectivity index (χ1v) is 11.9. The highest BCUT2D eigenvalue weighted by Crippen LogP contribution is 2.53. The summed E-state index contributed by atoms with van der Waals surface area (Å²) in [5, 5.41) is 11.1. The second-order valence-electron chi connectivity index (χ2n) is 10.2. The Bertz CT molecular complexity index is 1300. The van der Waals surface area contributed by atoms with Crippen LogP contribution in [0.25, 0.3) is 12.2 Å². The molecular formula is C29H34O7. The molecule has 192 valence electrons. The van der Waals surface area contributed by atoms with Gasteiger partial charge in [0.1, 0.15) is 51.3 Å². The van der Waals surface area contributed by atoms with Crippen molar-refractivity contribution in [3.63, 3.8) is 0 Å². The van der Waals surface area contributed by atoms with Crippen LogP contribution < -0.4 is 23.7 Å². The molecule has 0 aromatic heterocycles. The zero-order valence-corrected chi connectivity index (χ0v) is 22.4. The zero-order chi connectivity index (χ0) is 26.6. The number of ether oxygens (including phenoxy) is 5. The number of ketones is 1. The van der Waals surface area contributed by atoms with Crippen molar-refractivity contribution in [1.29, 1.82) is 0 Å². The molecule has 0 radical (unpaired) electrons. The van der Waals surface area contributed by atoms with Gasteiger partial charge in [0, 0.05) is 23.6 Å². The number of hydrogen-bond donors (Lipinski definition) is 1. The van der Waals surface area contributed by atoms with Crippen molar-refractivity contribution in [2.24, 2.45) is 0 Å². The highest BCUT2D eigenvalue weighted by molar-refractivity contribution is 6.01. The molecule has 0 bridgehead atoms. The number of rotatable bonds is 6. The maximum absolute atomic E-state index is 12.3. The van der Waals surface area contributed by atoms with E-state index >= 15 is 0 Å². The van der Waals surface area contributed by atoms with Crippen LogP contribution in [0, 0.1) is 0 Å². The molecule has 0 spiro atoms. The van der Waals surface area contributed by atoms with Gasteiger partial charge in [0.25, 0.3) is 0 Å². The number of carbonyl (C=O) groups is 1. The fourth-order valence-electron chi connectivity index (χ4n) is 5.11. The largest absolute Gasteiger partial charge is 0.506 e. The number of Topliss-reactive ketones (excluding diaryl/α,β-unsaturated/α-hetero) is 1. The van der Waals surface area contributed by atoms with E-state index in [1.807, 2.05) is 58.9 Å². The first-order valence-electron chi connectivity index (χ1n) is 11.9. The summed E-state index contributed by atoms with van der Waals surface area (Å²) in [4.78, 5) is 12.3. The molecule has 2 aliphatic rings. The lowest BCUT2D eigenvalue weighted by molar-refractivity contribution is 0.101. The number of carbonyl (C=O) groups excluding carboxylic acids is 1. The highest BCUT2D eigenvalue weighted by Gasteiger charge is 2.39. The fraction of sp³-hybridized carbons (Fsp3) is 0.414. The third-order valence-electron chi connectivity index (χ3n) is 6.83. The Labute approximate surface area is 212 Å². The minimum atomic E-state index is -0.748. The van der Waals surface area contributed by atoms with Gasteiger partial charge in [-0.2, -0.15) is 0 Å². The quantitative estimate of drug-likeness (QED) is 0.481. The standard InChI is InChI=1S/C29H34O7/c1-15(24-22(32-7)13-20-17(27(24)34-9)10-11-28(3,4)35-20)19-12-18-21(36-29(19,5)6)14-23(33-8)25(16(2)30)26(18)31/h10-15,31H,1-9H3/t15-/m0/s1. The van der Waals surface area contributed by atoms with Gasteiger partial charge in [-0.1, -0.05) is 6.92 Å². The Morgan fingerprint density at radius 3 is 2.14 bits per heavy atom. The predicted molar refractivity (Wildman–Crippen MR) is 139 cm³/mol. The number of phenols is 1. The summed E-state index contributed by atoms with van der Waals surface area (Å²) in [5.41, 5.74) is 1.90. The number of aromatic hydroxyl groups is 1. The smallest absolute Gasteiger partial charge is 0.167 e. The lowest BCUT2D eigenvalue weighted by Crippen LogP contribution is -2.35. The van der Waals surface area contributed by atoms with Crippen molar-refractivity contribution in [3.8, 4) is 34.5 Å². The number of methoxy groups -OCH3 is 3. The molecule has 0 amide bonds. The van der Waals surface area contributed by atoms with E-state index in [0.29, 0.717) is 28.6 Å². The van der Waals surface area contributed by atoms with Crippen LogP contribution in [0.1, 0.15) is 74.5 Å². The molecule has 2 heterocycles. The SMILES string of the molecule is COc1cc2c(c(O)c1C(C)=O)C=C([C@H](C)c1c(OC)cc3c(c1OC)C=CC(C)(C)O3)C(C)(C)O2. The van der Waals surface area contributed by atoms with E-state index in [9.17, 15) is 9.90 Å². The molecule has 1 N–H and O–H groups in total. The number of benzene rings is 2. The van der Waals surface area contributed by atoms with Gasteiger partial charge in [-0.15, -0.1) is 0 Å². The first-order chi connectivity index (χ1) is 16.8. The van der Waals surface area contributed by atoms with Crippen LogP contribution in [0.5, 0.6) is 34.5 Å². The monoisotopic (exact) mass is 494 g/mol. The molecule has 0 saturated carbocycles. The van der Waals surface area contributed by atoms with Crippen molar-refractivity contribution < 1.29 is 33.6 Å². The molecule has 0 unspecified atom stereocenters. The average molecular weight is 495 g/mol. The molecule has 0 saturated heterocycles. The second kappa shape index (κ2) is 8.80. The summed E-state index contributed by atoms with van der Waals surface area (Å²) >= 11 is 0. The molecule has 1 atom stereocenters. The molecule has 2 aromatic carbocycles. The molecule has 36 heavy (non-hydrogen) atoms. The molecule has 0 aliphatic carbocycles. The maximum atomic E-state index is 12.3. The van der Waals surface area contributed by atoms with Crippen molar-refractivity contribution in [2.75, 3.05) is 21.3 Å². The summed E-state index contributed by atoms with van der Waals surface area (Å²) < 4.78 is 29.7. The van der Waals surface area contributed by atoms with Crippen LogP contribution in [0.4, 0.5) is 0 Å². The Hall–Kier alpha value is -3.61. The Balaban J connectivity index is 1.94. The maximum Gasteiger partial charge on any atom is 0.167 e. The van der Waals surface area contributed by atoms with Gasteiger partial charge in [0.05, 0.1) is 32.5 Å². The van der Waals surface area contributed by atoms with Gasteiger partial charge in [-0.05, 0) is 58.4 Å². The molecule has 7 heteroatoms. The third kappa shape index (κ3) is 4.06. The van der Waals surface area contributed by atoms with Crippen LogP contribution in [-0.2, 0) is 0 Å². The molecule has 2 aliphatic heterocycles. The summed E-state index contributed by atoms with van der Waals surface area (Å²) in [6, 6.07) is 3.53. The van der Waals surface area contributed by atoms with Gasteiger partial charge < -0.3 is 28.8 Å². The number of phenolic OH excluding ortho intramolecular Hbond substituents is 1. The van der Waals surface area contributed by atoms with Crippen molar-refractivity contribution >= 4 is 17.9 Å².